The Morgan fingerprint density at radius 1 is 1.39 bits per heavy atom. The average Bonchev–Trinajstić information content (AvgIpc) is 2.94. The van der Waals surface area contributed by atoms with Crippen molar-refractivity contribution < 1.29 is 15.2 Å². The minimum atomic E-state index is -1.04. The molecule has 18 heavy (non-hydrogen) atoms. The van der Waals surface area contributed by atoms with Crippen molar-refractivity contribution >= 4 is 16.9 Å². The van der Waals surface area contributed by atoms with Crippen molar-refractivity contribution in [2.24, 2.45) is 5.16 Å². The van der Waals surface area contributed by atoms with E-state index >= 15 is 0 Å². The Balaban J connectivity index is 1.71. The lowest BCUT2D eigenvalue weighted by Gasteiger charge is -2.02. The fourth-order valence-corrected chi connectivity index (χ4v) is 1.80. The molecule has 1 aliphatic heterocycles. The number of aryl methyl sites for hydroxylation is 1. The zero-order valence-electron chi connectivity index (χ0n) is 9.32. The summed E-state index contributed by atoms with van der Waals surface area (Å²) in [6.45, 7) is 0. The van der Waals surface area contributed by atoms with Gasteiger partial charge in [0.25, 0.3) is 0 Å². The van der Waals surface area contributed by atoms with Gasteiger partial charge in [-0.3, -0.25) is 0 Å². The third-order valence-electron chi connectivity index (χ3n) is 2.70. The van der Waals surface area contributed by atoms with E-state index in [0.717, 1.165) is 16.8 Å². The summed E-state index contributed by atoms with van der Waals surface area (Å²) in [6, 6.07) is 5.48. The topological polar surface area (TPSA) is 105 Å². The second-order valence-corrected chi connectivity index (χ2v) is 3.94. The first-order valence-electron chi connectivity index (χ1n) is 5.43. The predicted molar refractivity (Wildman–Crippen MR) is 60.7 cm³/mol. The zero-order valence-corrected chi connectivity index (χ0v) is 9.32. The fraction of sp³-hybridized carbons (Fsp3) is 0.300. The quantitative estimate of drug-likeness (QED) is 0.651. The molecule has 8 heteroatoms. The van der Waals surface area contributed by atoms with Gasteiger partial charge in [0, 0.05) is 6.42 Å². The van der Waals surface area contributed by atoms with Gasteiger partial charge in [0.2, 0.25) is 0 Å². The number of rotatable bonds is 3. The summed E-state index contributed by atoms with van der Waals surface area (Å²) in [5.74, 6) is 0.605. The number of nitrogens with zero attached hydrogens (tertiary/aromatic N) is 4. The molecule has 8 nitrogen and oxygen atoms in total. The molecule has 94 valence electrons. The van der Waals surface area contributed by atoms with Gasteiger partial charge in [-0.25, -0.2) is 0 Å². The van der Waals surface area contributed by atoms with Crippen molar-refractivity contribution in [3.8, 4) is 0 Å². The number of benzene rings is 1. The van der Waals surface area contributed by atoms with Crippen molar-refractivity contribution in [2.45, 2.75) is 19.3 Å². The molecule has 0 saturated heterocycles. The lowest BCUT2D eigenvalue weighted by Crippen LogP contribution is -2.28. The molecular weight excluding hydrogens is 238 g/mol. The number of fused-ring (bicyclic) bond motifs is 1. The third-order valence-corrected chi connectivity index (χ3v) is 2.70. The summed E-state index contributed by atoms with van der Waals surface area (Å²) >= 11 is 0. The molecule has 1 atom stereocenters. The van der Waals surface area contributed by atoms with E-state index in [1.54, 1.807) is 6.07 Å². The number of aliphatic hydroxyl groups excluding tert-OH is 1. The minimum absolute atomic E-state index is 0.564. The van der Waals surface area contributed by atoms with Crippen LogP contribution in [0.15, 0.2) is 23.4 Å². The van der Waals surface area contributed by atoms with Crippen molar-refractivity contribution in [3.63, 3.8) is 0 Å². The molecule has 3 N–H and O–H groups in total. The number of amidine groups is 1. The van der Waals surface area contributed by atoms with Gasteiger partial charge in [-0.05, 0) is 29.3 Å². The first-order valence-corrected chi connectivity index (χ1v) is 5.43. The maximum Gasteiger partial charge on any atom is 0.304 e. The maximum absolute atomic E-state index is 9.30. The Bertz CT molecular complexity index is 609. The summed E-state index contributed by atoms with van der Waals surface area (Å²) in [5.41, 5.74) is 2.23. The summed E-state index contributed by atoms with van der Waals surface area (Å²) in [6.07, 6.45) is 0.295. The van der Waals surface area contributed by atoms with Crippen LogP contribution in [0.1, 0.15) is 12.0 Å². The summed E-state index contributed by atoms with van der Waals surface area (Å²) in [7, 11) is 0. The van der Waals surface area contributed by atoms with Crippen LogP contribution in [0.4, 0.5) is 0 Å². The molecule has 1 aliphatic rings. The Labute approximate surface area is 101 Å². The van der Waals surface area contributed by atoms with Gasteiger partial charge in [-0.2, -0.15) is 0 Å². The van der Waals surface area contributed by atoms with E-state index in [-0.39, 0.29) is 0 Å². The molecule has 1 unspecified atom stereocenters. The van der Waals surface area contributed by atoms with Crippen LogP contribution in [0.2, 0.25) is 0 Å². The first kappa shape index (κ1) is 10.8. The molecule has 1 aromatic heterocycles. The van der Waals surface area contributed by atoms with E-state index < -0.39 is 6.41 Å². The van der Waals surface area contributed by atoms with Gasteiger partial charge in [0.05, 0.1) is 0 Å². The second-order valence-electron chi connectivity index (χ2n) is 3.94. The van der Waals surface area contributed by atoms with Gasteiger partial charge < -0.3 is 20.5 Å². The molecule has 0 amide bonds. The van der Waals surface area contributed by atoms with Crippen LogP contribution in [0.5, 0.6) is 0 Å². The molecule has 2 heterocycles. The highest BCUT2D eigenvalue weighted by Crippen LogP contribution is 2.14. The normalized spacial score (nSPS) is 18.5. The van der Waals surface area contributed by atoms with Crippen LogP contribution < -0.4 is 5.32 Å². The average molecular weight is 249 g/mol. The van der Waals surface area contributed by atoms with Gasteiger partial charge in [0.15, 0.2) is 0 Å². The van der Waals surface area contributed by atoms with Crippen molar-refractivity contribution in [1.29, 1.82) is 0 Å². The van der Waals surface area contributed by atoms with E-state index in [9.17, 15) is 5.21 Å². The van der Waals surface area contributed by atoms with E-state index in [4.69, 9.17) is 5.11 Å². The van der Waals surface area contributed by atoms with Gasteiger partial charge in [0.1, 0.15) is 16.9 Å². The first-order chi connectivity index (χ1) is 8.72. The Kier molecular flexibility index (Phi) is 2.49. The van der Waals surface area contributed by atoms with E-state index in [2.05, 4.69) is 25.6 Å². The monoisotopic (exact) mass is 249 g/mol. The van der Waals surface area contributed by atoms with Crippen LogP contribution in [0.25, 0.3) is 11.0 Å². The molecule has 0 saturated carbocycles. The Morgan fingerprint density at radius 2 is 2.28 bits per heavy atom. The van der Waals surface area contributed by atoms with Crippen molar-refractivity contribution in [2.75, 3.05) is 0 Å². The molecule has 2 aromatic rings. The highest BCUT2D eigenvalue weighted by Gasteiger charge is 2.15. The van der Waals surface area contributed by atoms with Crippen LogP contribution in [0, 0.1) is 0 Å². The van der Waals surface area contributed by atoms with Crippen LogP contribution >= 0.6 is 0 Å². The number of hydrogen-bond donors (Lipinski definition) is 3. The van der Waals surface area contributed by atoms with Crippen molar-refractivity contribution in [1.82, 2.24) is 20.5 Å². The molecular formula is C10H11N5O3. The molecule has 0 bridgehead atoms. The van der Waals surface area contributed by atoms with Gasteiger partial charge >= 0.3 is 6.41 Å². The number of aromatic nitrogens is 3. The third kappa shape index (κ3) is 1.93. The zero-order chi connectivity index (χ0) is 12.5. The maximum atomic E-state index is 9.30. The van der Waals surface area contributed by atoms with Gasteiger partial charge in [-0.1, -0.05) is 16.1 Å². The largest absolute Gasteiger partial charge is 0.410 e. The van der Waals surface area contributed by atoms with Gasteiger partial charge in [-0.15, -0.1) is 5.10 Å². The molecule has 0 spiro atoms. The molecule has 0 fully saturated rings. The fourth-order valence-electron chi connectivity index (χ4n) is 1.80. The summed E-state index contributed by atoms with van der Waals surface area (Å²) in [5, 5.41) is 32.0. The van der Waals surface area contributed by atoms with Crippen molar-refractivity contribution in [3.05, 3.63) is 23.8 Å². The van der Waals surface area contributed by atoms with E-state index in [0.29, 0.717) is 23.3 Å². The minimum Gasteiger partial charge on any atom is -0.410 e. The molecule has 3 rings (SSSR count). The number of aliphatic hydroxyl groups is 1. The number of oxime groups is 1. The SMILES string of the molecule is OC1NC(CCc2ccc3c(c2)nnn3O)=NO1. The predicted octanol–water partition coefficient (Wildman–Crippen LogP) is -0.190. The second kappa shape index (κ2) is 4.15. The lowest BCUT2D eigenvalue weighted by molar-refractivity contribution is -0.0896. The standard InChI is InChI=1S/C10H11N5O3/c16-10-11-9(13-18-10)4-2-6-1-3-8-7(5-6)12-14-15(8)17/h1,3,5,10,16-17H,2,4H2,(H,11,13). The number of hydrogen-bond acceptors (Lipinski definition) is 7. The van der Waals surface area contributed by atoms with Crippen LogP contribution in [-0.4, -0.2) is 37.7 Å². The van der Waals surface area contributed by atoms with Crippen LogP contribution in [-0.2, 0) is 11.3 Å². The molecule has 0 aliphatic carbocycles. The lowest BCUT2D eigenvalue weighted by atomic mass is 10.1. The summed E-state index contributed by atoms with van der Waals surface area (Å²) in [4.78, 5) is 5.34. The highest BCUT2D eigenvalue weighted by molar-refractivity contribution is 5.83. The highest BCUT2D eigenvalue weighted by atomic mass is 16.7. The Morgan fingerprint density at radius 3 is 3.06 bits per heavy atom. The summed E-state index contributed by atoms with van der Waals surface area (Å²) < 4.78 is 0. The van der Waals surface area contributed by atoms with E-state index in [1.807, 2.05) is 12.1 Å². The Hall–Kier alpha value is -2.35. The smallest absolute Gasteiger partial charge is 0.304 e. The molecule has 1 aromatic carbocycles. The van der Waals surface area contributed by atoms with Crippen LogP contribution in [0.3, 0.4) is 0 Å². The number of nitrogens with one attached hydrogen (secondary N) is 1. The van der Waals surface area contributed by atoms with E-state index in [1.165, 1.54) is 0 Å². The molecule has 0 radical (unpaired) electrons.